The molecule has 0 spiro atoms. The lowest BCUT2D eigenvalue weighted by atomic mass is 9.98. The van der Waals surface area contributed by atoms with Crippen LogP contribution >= 0.6 is 0 Å². The highest BCUT2D eigenvalue weighted by molar-refractivity contribution is 5.95. The molecular weight excluding hydrogens is 312 g/mol. The van der Waals surface area contributed by atoms with E-state index in [9.17, 15) is 9.59 Å². The van der Waals surface area contributed by atoms with Crippen molar-refractivity contribution >= 4 is 11.8 Å². The Bertz CT molecular complexity index is 629. The van der Waals surface area contributed by atoms with Crippen LogP contribution in [-0.2, 0) is 4.79 Å². The molecule has 1 aromatic carbocycles. The van der Waals surface area contributed by atoms with Gasteiger partial charge in [0.15, 0.2) is 0 Å². The number of nitrogens with zero attached hydrogens (tertiary/aromatic N) is 2. The number of rotatable bonds is 5. The Morgan fingerprint density at radius 1 is 1.12 bits per heavy atom. The Morgan fingerprint density at radius 2 is 1.76 bits per heavy atom. The minimum atomic E-state index is 0.172. The third kappa shape index (κ3) is 4.05. The summed E-state index contributed by atoms with van der Waals surface area (Å²) in [7, 11) is 0. The molecule has 2 aliphatic rings. The highest BCUT2D eigenvalue weighted by Gasteiger charge is 2.39. The molecule has 2 fully saturated rings. The Kier molecular flexibility index (Phi) is 5.45. The molecule has 1 aliphatic heterocycles. The second kappa shape index (κ2) is 7.59. The second-order valence-electron chi connectivity index (χ2n) is 7.69. The van der Waals surface area contributed by atoms with Crippen LogP contribution < -0.4 is 0 Å². The molecule has 0 aromatic heterocycles. The Balaban J connectivity index is 1.73. The molecule has 0 atom stereocenters. The summed E-state index contributed by atoms with van der Waals surface area (Å²) in [5.41, 5.74) is 2.02. The van der Waals surface area contributed by atoms with Crippen LogP contribution in [0.3, 0.4) is 0 Å². The molecule has 0 bridgehead atoms. The van der Waals surface area contributed by atoms with Gasteiger partial charge in [0, 0.05) is 37.2 Å². The predicted molar refractivity (Wildman–Crippen MR) is 99.6 cm³/mol. The van der Waals surface area contributed by atoms with E-state index >= 15 is 0 Å². The largest absolute Gasteiger partial charge is 0.343 e. The zero-order valence-electron chi connectivity index (χ0n) is 15.7. The molecular formula is C21H30N2O2. The van der Waals surface area contributed by atoms with Gasteiger partial charge in [-0.2, -0.15) is 0 Å². The van der Waals surface area contributed by atoms with E-state index in [-0.39, 0.29) is 17.9 Å². The summed E-state index contributed by atoms with van der Waals surface area (Å²) in [6, 6.07) is 8.75. The van der Waals surface area contributed by atoms with E-state index in [1.54, 1.807) is 0 Å². The van der Waals surface area contributed by atoms with Crippen LogP contribution in [0.5, 0.6) is 0 Å². The summed E-state index contributed by atoms with van der Waals surface area (Å²) in [6.45, 7) is 7.78. The number of benzene rings is 1. The molecule has 1 aromatic rings. The average Bonchev–Trinajstić information content (AvgIpc) is 3.46. The van der Waals surface area contributed by atoms with Crippen molar-refractivity contribution in [1.29, 1.82) is 0 Å². The molecule has 4 heteroatoms. The summed E-state index contributed by atoms with van der Waals surface area (Å²) in [4.78, 5) is 29.2. The molecule has 0 N–H and O–H groups in total. The SMILES string of the molecule is CCC(=O)N1CCC(N(C(=O)c2cccc(C(C)C)c2)C2CC2)CC1. The van der Waals surface area contributed by atoms with Crippen molar-refractivity contribution in [3.8, 4) is 0 Å². The lowest BCUT2D eigenvalue weighted by Gasteiger charge is -2.39. The van der Waals surface area contributed by atoms with E-state index in [0.717, 1.165) is 44.3 Å². The lowest BCUT2D eigenvalue weighted by molar-refractivity contribution is -0.132. The molecule has 3 rings (SSSR count). The zero-order valence-corrected chi connectivity index (χ0v) is 15.7. The maximum atomic E-state index is 13.2. The first-order chi connectivity index (χ1) is 12.0. The zero-order chi connectivity index (χ0) is 18.0. The van der Waals surface area contributed by atoms with Gasteiger partial charge in [0.1, 0.15) is 0 Å². The molecule has 1 aliphatic carbocycles. The van der Waals surface area contributed by atoms with E-state index in [1.165, 1.54) is 5.56 Å². The highest BCUT2D eigenvalue weighted by Crippen LogP contribution is 2.33. The van der Waals surface area contributed by atoms with Crippen molar-refractivity contribution in [3.63, 3.8) is 0 Å². The fourth-order valence-corrected chi connectivity index (χ4v) is 3.78. The van der Waals surface area contributed by atoms with Crippen molar-refractivity contribution in [2.24, 2.45) is 0 Å². The topological polar surface area (TPSA) is 40.6 Å². The minimum Gasteiger partial charge on any atom is -0.343 e. The first-order valence-electron chi connectivity index (χ1n) is 9.71. The summed E-state index contributed by atoms with van der Waals surface area (Å²) >= 11 is 0. The van der Waals surface area contributed by atoms with Crippen molar-refractivity contribution in [3.05, 3.63) is 35.4 Å². The van der Waals surface area contributed by atoms with E-state index < -0.39 is 0 Å². The van der Waals surface area contributed by atoms with Crippen LogP contribution in [0.1, 0.15) is 74.7 Å². The van der Waals surface area contributed by atoms with Gasteiger partial charge in [0.2, 0.25) is 5.91 Å². The predicted octanol–water partition coefficient (Wildman–Crippen LogP) is 3.82. The Labute approximate surface area is 151 Å². The first-order valence-corrected chi connectivity index (χ1v) is 9.71. The number of likely N-dealkylation sites (tertiary alicyclic amines) is 1. The maximum absolute atomic E-state index is 13.2. The van der Waals surface area contributed by atoms with E-state index in [2.05, 4.69) is 30.9 Å². The highest BCUT2D eigenvalue weighted by atomic mass is 16.2. The van der Waals surface area contributed by atoms with Crippen LogP contribution in [0.2, 0.25) is 0 Å². The number of hydrogen-bond donors (Lipinski definition) is 0. The molecule has 25 heavy (non-hydrogen) atoms. The smallest absolute Gasteiger partial charge is 0.254 e. The van der Waals surface area contributed by atoms with Crippen LogP contribution in [0.25, 0.3) is 0 Å². The molecule has 1 saturated carbocycles. The number of amides is 2. The maximum Gasteiger partial charge on any atom is 0.254 e. The summed E-state index contributed by atoms with van der Waals surface area (Å²) in [5, 5.41) is 0. The van der Waals surface area contributed by atoms with E-state index in [0.29, 0.717) is 18.4 Å². The Morgan fingerprint density at radius 3 is 2.32 bits per heavy atom. The fourth-order valence-electron chi connectivity index (χ4n) is 3.78. The van der Waals surface area contributed by atoms with Gasteiger partial charge in [0.25, 0.3) is 5.91 Å². The molecule has 1 heterocycles. The van der Waals surface area contributed by atoms with Crippen molar-refractivity contribution in [2.75, 3.05) is 13.1 Å². The van der Waals surface area contributed by atoms with Gasteiger partial charge >= 0.3 is 0 Å². The van der Waals surface area contributed by atoms with E-state index in [1.807, 2.05) is 24.0 Å². The lowest BCUT2D eigenvalue weighted by Crippen LogP contribution is -2.49. The summed E-state index contributed by atoms with van der Waals surface area (Å²) < 4.78 is 0. The number of carbonyl (C=O) groups excluding carboxylic acids is 2. The monoisotopic (exact) mass is 342 g/mol. The fraction of sp³-hybridized carbons (Fsp3) is 0.619. The van der Waals surface area contributed by atoms with Crippen LogP contribution in [0.15, 0.2) is 24.3 Å². The van der Waals surface area contributed by atoms with Crippen molar-refractivity contribution in [1.82, 2.24) is 9.80 Å². The molecule has 0 radical (unpaired) electrons. The number of carbonyl (C=O) groups is 2. The normalized spacial score (nSPS) is 18.5. The van der Waals surface area contributed by atoms with Crippen molar-refractivity contribution in [2.45, 2.75) is 70.9 Å². The summed E-state index contributed by atoms with van der Waals surface area (Å²) in [5.74, 6) is 0.822. The van der Waals surface area contributed by atoms with Gasteiger partial charge in [0.05, 0.1) is 0 Å². The third-order valence-corrected chi connectivity index (χ3v) is 5.49. The standard InChI is InChI=1S/C21H30N2O2/c1-4-20(24)22-12-10-19(11-13-22)23(18-8-9-18)21(25)17-7-5-6-16(14-17)15(2)3/h5-7,14-15,18-19H,4,8-13H2,1-3H3. The van der Waals surface area contributed by atoms with Gasteiger partial charge in [-0.3, -0.25) is 9.59 Å². The number of hydrogen-bond acceptors (Lipinski definition) is 2. The van der Waals surface area contributed by atoms with Gasteiger partial charge in [-0.25, -0.2) is 0 Å². The average molecular weight is 342 g/mol. The Hall–Kier alpha value is -1.84. The molecule has 0 unspecified atom stereocenters. The minimum absolute atomic E-state index is 0.172. The first kappa shape index (κ1) is 18.0. The second-order valence-corrected chi connectivity index (χ2v) is 7.69. The number of piperidine rings is 1. The third-order valence-electron chi connectivity index (χ3n) is 5.49. The summed E-state index contributed by atoms with van der Waals surface area (Å²) in [6.07, 6.45) is 4.60. The van der Waals surface area contributed by atoms with Gasteiger partial charge in [-0.15, -0.1) is 0 Å². The molecule has 136 valence electrons. The van der Waals surface area contributed by atoms with Gasteiger partial charge in [-0.05, 0) is 49.3 Å². The molecule has 4 nitrogen and oxygen atoms in total. The van der Waals surface area contributed by atoms with Crippen LogP contribution in [0, 0.1) is 0 Å². The van der Waals surface area contributed by atoms with Crippen LogP contribution in [0.4, 0.5) is 0 Å². The van der Waals surface area contributed by atoms with E-state index in [4.69, 9.17) is 0 Å². The van der Waals surface area contributed by atoms with Gasteiger partial charge in [-0.1, -0.05) is 32.9 Å². The quantitative estimate of drug-likeness (QED) is 0.816. The van der Waals surface area contributed by atoms with Crippen molar-refractivity contribution < 1.29 is 9.59 Å². The molecule has 1 saturated heterocycles. The molecule has 2 amide bonds. The van der Waals surface area contributed by atoms with Crippen LogP contribution in [-0.4, -0.2) is 46.8 Å². The van der Waals surface area contributed by atoms with Gasteiger partial charge < -0.3 is 9.80 Å².